The van der Waals surface area contributed by atoms with Crippen molar-refractivity contribution >= 4 is 5.91 Å². The van der Waals surface area contributed by atoms with Gasteiger partial charge in [0.1, 0.15) is 5.69 Å². The molecule has 2 aromatic heterocycles. The van der Waals surface area contributed by atoms with Gasteiger partial charge in [0, 0.05) is 56.8 Å². The van der Waals surface area contributed by atoms with Gasteiger partial charge in [-0.1, -0.05) is 0 Å². The molecule has 2 aromatic rings. The first-order valence-corrected chi connectivity index (χ1v) is 10.7. The number of rotatable bonds is 9. The summed E-state index contributed by atoms with van der Waals surface area (Å²) in [6, 6.07) is 1.81. The van der Waals surface area contributed by atoms with Crippen molar-refractivity contribution < 1.29 is 14.3 Å². The lowest BCUT2D eigenvalue weighted by molar-refractivity contribution is -0.137. The van der Waals surface area contributed by atoms with Crippen LogP contribution in [0, 0.1) is 17.8 Å². The van der Waals surface area contributed by atoms with E-state index < -0.39 is 0 Å². The Morgan fingerprint density at radius 2 is 2.20 bits per heavy atom. The van der Waals surface area contributed by atoms with Crippen LogP contribution in [0.15, 0.2) is 31.0 Å². The second-order valence-electron chi connectivity index (χ2n) is 8.23. The molecule has 3 heterocycles. The van der Waals surface area contributed by atoms with Crippen molar-refractivity contribution in [2.24, 2.45) is 17.8 Å². The number of imidazole rings is 1. The molecular weight excluding hydrogens is 382 g/mol. The van der Waals surface area contributed by atoms with E-state index in [0.29, 0.717) is 36.4 Å². The van der Waals surface area contributed by atoms with Crippen molar-refractivity contribution in [3.8, 4) is 11.5 Å². The molecule has 0 bridgehead atoms. The van der Waals surface area contributed by atoms with Gasteiger partial charge in [0.05, 0.1) is 20.5 Å². The van der Waals surface area contributed by atoms with Crippen molar-refractivity contribution in [2.75, 3.05) is 33.9 Å². The predicted octanol–water partition coefficient (Wildman–Crippen LogP) is 1.96. The van der Waals surface area contributed by atoms with E-state index in [2.05, 4.69) is 20.2 Å². The summed E-state index contributed by atoms with van der Waals surface area (Å²) in [6.45, 7) is 4.25. The number of fused-ring (bicyclic) bond motifs is 1. The molecule has 30 heavy (non-hydrogen) atoms. The Hall–Kier alpha value is -2.61. The summed E-state index contributed by atoms with van der Waals surface area (Å²) in [5.41, 5.74) is 0.884. The fourth-order valence-corrected chi connectivity index (χ4v) is 4.80. The van der Waals surface area contributed by atoms with Crippen molar-refractivity contribution in [3.05, 3.63) is 36.7 Å². The quantitative estimate of drug-likeness (QED) is 0.633. The molecule has 162 valence electrons. The Morgan fingerprint density at radius 3 is 2.97 bits per heavy atom. The highest BCUT2D eigenvalue weighted by atomic mass is 16.5. The molecule has 1 saturated carbocycles. The minimum atomic E-state index is 0.131. The van der Waals surface area contributed by atoms with E-state index in [1.807, 2.05) is 16.8 Å². The highest BCUT2D eigenvalue weighted by molar-refractivity contribution is 5.80. The Morgan fingerprint density at radius 1 is 1.30 bits per heavy atom. The van der Waals surface area contributed by atoms with E-state index >= 15 is 0 Å². The molecule has 8 nitrogen and oxygen atoms in total. The number of methoxy groups -OCH3 is 2. The number of aromatic nitrogens is 3. The maximum Gasteiger partial charge on any atom is 0.223 e. The third kappa shape index (κ3) is 4.43. The van der Waals surface area contributed by atoms with Crippen LogP contribution in [0.1, 0.15) is 25.0 Å². The molecule has 4 rings (SSSR count). The lowest BCUT2D eigenvalue weighted by Crippen LogP contribution is -2.54. The van der Waals surface area contributed by atoms with Gasteiger partial charge in [-0.15, -0.1) is 0 Å². The Bertz CT molecular complexity index is 841. The average molecular weight is 414 g/mol. The van der Waals surface area contributed by atoms with Crippen LogP contribution in [0.2, 0.25) is 0 Å². The number of likely N-dealkylation sites (tertiary alicyclic amines) is 1. The molecule has 1 saturated heterocycles. The number of nitrogens with zero attached hydrogens (tertiary/aromatic N) is 4. The average Bonchev–Trinajstić information content (AvgIpc) is 3.26. The van der Waals surface area contributed by atoms with Gasteiger partial charge in [0.2, 0.25) is 5.91 Å². The van der Waals surface area contributed by atoms with Crippen LogP contribution < -0.4 is 14.8 Å². The summed E-state index contributed by atoms with van der Waals surface area (Å²) in [5, 5.41) is 3.14. The molecule has 1 amide bonds. The van der Waals surface area contributed by atoms with Gasteiger partial charge in [0.15, 0.2) is 11.5 Å². The largest absolute Gasteiger partial charge is 0.493 e. The fourth-order valence-electron chi connectivity index (χ4n) is 4.80. The first-order chi connectivity index (χ1) is 14.7. The smallest absolute Gasteiger partial charge is 0.223 e. The maximum absolute atomic E-state index is 12.7. The number of carbonyl (C=O) groups is 1. The van der Waals surface area contributed by atoms with Crippen LogP contribution in [0.25, 0.3) is 0 Å². The summed E-state index contributed by atoms with van der Waals surface area (Å²) in [6.07, 6.45) is 10.4. The number of aryl methyl sites for hydroxylation is 1. The SMILES string of the molecule is COc1ccnc(CN2CC[C@@H]3C[C@@H](C(=O)NCCCn4ccnc4)[C@@H]3C2)c1OC. The first kappa shape index (κ1) is 20.7. The second kappa shape index (κ2) is 9.47. The fraction of sp³-hybridized carbons (Fsp3) is 0.591. The van der Waals surface area contributed by atoms with Gasteiger partial charge in [-0.25, -0.2) is 4.98 Å². The normalized spacial score (nSPS) is 23.3. The van der Waals surface area contributed by atoms with Crippen LogP contribution in [-0.4, -0.2) is 59.2 Å². The highest BCUT2D eigenvalue weighted by Gasteiger charge is 2.47. The molecule has 1 aliphatic heterocycles. The molecule has 8 heteroatoms. The summed E-state index contributed by atoms with van der Waals surface area (Å²) in [7, 11) is 3.29. The number of nitrogens with one attached hydrogen (secondary N) is 1. The van der Waals surface area contributed by atoms with E-state index in [1.54, 1.807) is 32.9 Å². The van der Waals surface area contributed by atoms with Gasteiger partial charge in [-0.2, -0.15) is 0 Å². The van der Waals surface area contributed by atoms with E-state index in [-0.39, 0.29) is 11.8 Å². The minimum Gasteiger partial charge on any atom is -0.493 e. The van der Waals surface area contributed by atoms with Crippen LogP contribution in [0.4, 0.5) is 0 Å². The molecule has 3 atom stereocenters. The van der Waals surface area contributed by atoms with Crippen LogP contribution in [0.3, 0.4) is 0 Å². The molecule has 0 unspecified atom stereocenters. The topological polar surface area (TPSA) is 81.5 Å². The van der Waals surface area contributed by atoms with E-state index in [4.69, 9.17) is 9.47 Å². The Balaban J connectivity index is 1.27. The summed E-state index contributed by atoms with van der Waals surface area (Å²) >= 11 is 0. The Kier molecular flexibility index (Phi) is 6.52. The van der Waals surface area contributed by atoms with Crippen molar-refractivity contribution in [1.29, 1.82) is 0 Å². The zero-order valence-electron chi connectivity index (χ0n) is 17.8. The van der Waals surface area contributed by atoms with Gasteiger partial charge < -0.3 is 19.4 Å². The number of carbonyl (C=O) groups excluding carboxylic acids is 1. The molecule has 2 fully saturated rings. The first-order valence-electron chi connectivity index (χ1n) is 10.7. The van der Waals surface area contributed by atoms with Crippen LogP contribution in [0.5, 0.6) is 11.5 Å². The number of ether oxygens (including phenoxy) is 2. The molecule has 0 aromatic carbocycles. The van der Waals surface area contributed by atoms with Gasteiger partial charge in [-0.05, 0) is 37.6 Å². The van der Waals surface area contributed by atoms with Crippen LogP contribution >= 0.6 is 0 Å². The van der Waals surface area contributed by atoms with E-state index in [9.17, 15) is 4.79 Å². The van der Waals surface area contributed by atoms with Gasteiger partial charge in [-0.3, -0.25) is 14.7 Å². The summed E-state index contributed by atoms with van der Waals surface area (Å²) in [5.74, 6) is 2.84. The predicted molar refractivity (Wildman–Crippen MR) is 112 cm³/mol. The van der Waals surface area contributed by atoms with Crippen molar-refractivity contribution in [2.45, 2.75) is 32.4 Å². The molecule has 1 N–H and O–H groups in total. The van der Waals surface area contributed by atoms with Gasteiger partial charge >= 0.3 is 0 Å². The summed E-state index contributed by atoms with van der Waals surface area (Å²) in [4.78, 5) is 23.6. The van der Waals surface area contributed by atoms with E-state index in [0.717, 1.165) is 44.6 Å². The molecule has 0 radical (unpaired) electrons. The maximum atomic E-state index is 12.7. The lowest BCUT2D eigenvalue weighted by Gasteiger charge is -2.50. The highest BCUT2D eigenvalue weighted by Crippen LogP contribution is 2.46. The second-order valence-corrected chi connectivity index (χ2v) is 8.23. The molecule has 2 aliphatic rings. The van der Waals surface area contributed by atoms with Crippen molar-refractivity contribution in [3.63, 3.8) is 0 Å². The number of amides is 1. The number of pyridine rings is 1. The van der Waals surface area contributed by atoms with Crippen LogP contribution in [-0.2, 0) is 17.9 Å². The zero-order valence-corrected chi connectivity index (χ0v) is 17.8. The van der Waals surface area contributed by atoms with Gasteiger partial charge in [0.25, 0.3) is 0 Å². The standard InChI is InChI=1S/C22H31N5O3/c1-29-20-4-7-24-19(21(20)30-2)14-27-10-5-16-12-17(18(16)13-27)22(28)25-6-3-9-26-11-8-23-15-26/h4,7-8,11,15-18H,3,5-6,9-10,12-14H2,1-2H3,(H,25,28)/t16-,17-,18-/m1/s1. The molecule has 0 spiro atoms. The van der Waals surface area contributed by atoms with E-state index in [1.165, 1.54) is 0 Å². The zero-order chi connectivity index (χ0) is 20.9. The lowest BCUT2D eigenvalue weighted by atomic mass is 9.61. The molecule has 1 aliphatic carbocycles. The third-order valence-electron chi connectivity index (χ3n) is 6.49. The number of hydrogen-bond donors (Lipinski definition) is 1. The third-order valence-corrected chi connectivity index (χ3v) is 6.49. The summed E-state index contributed by atoms with van der Waals surface area (Å²) < 4.78 is 13.0. The molecular formula is C22H31N5O3. The van der Waals surface area contributed by atoms with Crippen molar-refractivity contribution in [1.82, 2.24) is 24.8 Å². The Labute approximate surface area is 177 Å². The number of hydrogen-bond acceptors (Lipinski definition) is 6. The number of piperidine rings is 1. The monoisotopic (exact) mass is 413 g/mol. The minimum absolute atomic E-state index is 0.131.